The van der Waals surface area contributed by atoms with Crippen molar-refractivity contribution in [3.8, 4) is 0 Å². The predicted octanol–water partition coefficient (Wildman–Crippen LogP) is 3.02. The second-order valence-electron chi connectivity index (χ2n) is 6.72. The predicted molar refractivity (Wildman–Crippen MR) is 89.4 cm³/mol. The number of carbonyl (C=O) groups is 1. The summed E-state index contributed by atoms with van der Waals surface area (Å²) in [5.74, 6) is 0.329. The molecule has 1 aromatic carbocycles. The Kier molecular flexibility index (Phi) is 5.02. The van der Waals surface area contributed by atoms with Crippen molar-refractivity contribution in [1.82, 2.24) is 5.32 Å². The summed E-state index contributed by atoms with van der Waals surface area (Å²) in [6.45, 7) is 5.58. The largest absolute Gasteiger partial charge is 0.375 e. The van der Waals surface area contributed by atoms with E-state index >= 15 is 0 Å². The molecule has 0 unspecified atom stereocenters. The van der Waals surface area contributed by atoms with Crippen LogP contribution in [0.1, 0.15) is 51.0 Å². The van der Waals surface area contributed by atoms with E-state index in [-0.39, 0.29) is 29.6 Å². The van der Waals surface area contributed by atoms with E-state index in [2.05, 4.69) is 24.4 Å². The van der Waals surface area contributed by atoms with Crippen LogP contribution in [0.5, 0.6) is 0 Å². The smallest absolute Gasteiger partial charge is 0.220 e. The molecule has 1 spiro atoms. The van der Waals surface area contributed by atoms with Crippen LogP contribution in [0.4, 0.5) is 0 Å². The highest BCUT2D eigenvalue weighted by molar-refractivity contribution is 5.77. The summed E-state index contributed by atoms with van der Waals surface area (Å²) in [5, 5.41) is 3.19. The molecule has 0 radical (unpaired) electrons. The van der Waals surface area contributed by atoms with E-state index in [0.29, 0.717) is 13.0 Å². The zero-order valence-corrected chi connectivity index (χ0v) is 14.1. The molecule has 2 fully saturated rings. The lowest BCUT2D eigenvalue weighted by Crippen LogP contribution is -2.69. The van der Waals surface area contributed by atoms with Gasteiger partial charge in [-0.05, 0) is 37.7 Å². The molecule has 0 bridgehead atoms. The number of rotatable bonds is 6. The summed E-state index contributed by atoms with van der Waals surface area (Å²) in [7, 11) is 0. The molecular weight excluding hydrogens is 290 g/mol. The van der Waals surface area contributed by atoms with E-state index in [1.165, 1.54) is 5.56 Å². The van der Waals surface area contributed by atoms with Crippen LogP contribution in [0.2, 0.25) is 0 Å². The van der Waals surface area contributed by atoms with Crippen LogP contribution in [0.15, 0.2) is 30.3 Å². The average Bonchev–Trinajstić information content (AvgIpc) is 3.07. The van der Waals surface area contributed by atoms with Crippen molar-refractivity contribution in [2.45, 2.75) is 63.2 Å². The van der Waals surface area contributed by atoms with Gasteiger partial charge in [0.15, 0.2) is 0 Å². The topological polar surface area (TPSA) is 47.6 Å². The summed E-state index contributed by atoms with van der Waals surface area (Å²) in [4.78, 5) is 12.4. The molecular formula is C19H27NO3. The molecule has 4 nitrogen and oxygen atoms in total. The maximum atomic E-state index is 12.4. The zero-order chi connectivity index (χ0) is 16.3. The number of ether oxygens (including phenoxy) is 2. The molecule has 1 N–H and O–H groups in total. The monoisotopic (exact) mass is 317 g/mol. The SMILES string of the molecule is CCO[C@@H]1C[C@H](NC(=O)C[C@@H](C)c2ccccc2)[C@@]12CCCO2. The lowest BCUT2D eigenvalue weighted by atomic mass is 9.70. The summed E-state index contributed by atoms with van der Waals surface area (Å²) < 4.78 is 11.8. The minimum Gasteiger partial charge on any atom is -0.375 e. The number of nitrogens with one attached hydrogen (secondary N) is 1. The molecule has 4 atom stereocenters. The first-order valence-electron chi connectivity index (χ1n) is 8.75. The first-order valence-corrected chi connectivity index (χ1v) is 8.75. The number of hydrogen-bond acceptors (Lipinski definition) is 3. The van der Waals surface area contributed by atoms with Crippen molar-refractivity contribution < 1.29 is 14.3 Å². The lowest BCUT2D eigenvalue weighted by Gasteiger charge is -2.52. The summed E-state index contributed by atoms with van der Waals surface area (Å²) in [6.07, 6.45) is 3.54. The number of benzene rings is 1. The molecule has 1 saturated carbocycles. The minimum absolute atomic E-state index is 0.0945. The Hall–Kier alpha value is -1.39. The van der Waals surface area contributed by atoms with Gasteiger partial charge in [-0.1, -0.05) is 37.3 Å². The van der Waals surface area contributed by atoms with Gasteiger partial charge in [-0.15, -0.1) is 0 Å². The van der Waals surface area contributed by atoms with Crippen LogP contribution in [0.3, 0.4) is 0 Å². The van der Waals surface area contributed by atoms with Crippen LogP contribution < -0.4 is 5.32 Å². The Bertz CT molecular complexity index is 525. The summed E-state index contributed by atoms with van der Waals surface area (Å²) in [6, 6.07) is 10.3. The number of carbonyl (C=O) groups excluding carboxylic acids is 1. The summed E-state index contributed by atoms with van der Waals surface area (Å²) in [5.41, 5.74) is 0.928. The van der Waals surface area contributed by atoms with Crippen LogP contribution in [0.25, 0.3) is 0 Å². The van der Waals surface area contributed by atoms with Gasteiger partial charge in [0.2, 0.25) is 5.91 Å². The highest BCUT2D eigenvalue weighted by atomic mass is 16.6. The molecule has 1 amide bonds. The fraction of sp³-hybridized carbons (Fsp3) is 0.632. The molecule has 23 heavy (non-hydrogen) atoms. The van der Waals surface area contributed by atoms with Crippen molar-refractivity contribution in [3.05, 3.63) is 35.9 Å². The van der Waals surface area contributed by atoms with Crippen molar-refractivity contribution in [2.24, 2.45) is 0 Å². The maximum absolute atomic E-state index is 12.4. The zero-order valence-electron chi connectivity index (χ0n) is 14.1. The second-order valence-corrected chi connectivity index (χ2v) is 6.72. The normalized spacial score (nSPS) is 30.9. The van der Waals surface area contributed by atoms with Crippen molar-refractivity contribution in [3.63, 3.8) is 0 Å². The average molecular weight is 317 g/mol. The Morgan fingerprint density at radius 3 is 2.87 bits per heavy atom. The molecule has 0 aromatic heterocycles. The fourth-order valence-corrected chi connectivity index (χ4v) is 3.91. The van der Waals surface area contributed by atoms with E-state index in [1.54, 1.807) is 0 Å². The maximum Gasteiger partial charge on any atom is 0.220 e. The van der Waals surface area contributed by atoms with Gasteiger partial charge in [0, 0.05) is 19.6 Å². The first-order chi connectivity index (χ1) is 11.2. The molecule has 126 valence electrons. The molecule has 1 saturated heterocycles. The molecule has 1 aliphatic heterocycles. The van der Waals surface area contributed by atoms with Crippen molar-refractivity contribution in [1.29, 1.82) is 0 Å². The number of hydrogen-bond donors (Lipinski definition) is 1. The van der Waals surface area contributed by atoms with Gasteiger partial charge in [-0.2, -0.15) is 0 Å². The van der Waals surface area contributed by atoms with Crippen LogP contribution in [-0.4, -0.2) is 36.9 Å². The van der Waals surface area contributed by atoms with Gasteiger partial charge >= 0.3 is 0 Å². The van der Waals surface area contributed by atoms with E-state index < -0.39 is 0 Å². The second kappa shape index (κ2) is 7.02. The lowest BCUT2D eigenvalue weighted by molar-refractivity contribution is -0.198. The Balaban J connectivity index is 1.56. The van der Waals surface area contributed by atoms with Gasteiger partial charge in [0.1, 0.15) is 5.60 Å². The Morgan fingerprint density at radius 1 is 1.43 bits per heavy atom. The Labute approximate surface area is 138 Å². The first kappa shape index (κ1) is 16.5. The third-order valence-electron chi connectivity index (χ3n) is 5.23. The van der Waals surface area contributed by atoms with Gasteiger partial charge < -0.3 is 14.8 Å². The van der Waals surface area contributed by atoms with Crippen molar-refractivity contribution in [2.75, 3.05) is 13.2 Å². The fourth-order valence-electron chi connectivity index (χ4n) is 3.91. The molecule has 1 aromatic rings. The van der Waals surface area contributed by atoms with E-state index in [9.17, 15) is 4.79 Å². The van der Waals surface area contributed by atoms with E-state index in [4.69, 9.17) is 9.47 Å². The minimum atomic E-state index is -0.276. The van der Waals surface area contributed by atoms with Crippen LogP contribution in [-0.2, 0) is 14.3 Å². The third-order valence-corrected chi connectivity index (χ3v) is 5.23. The van der Waals surface area contributed by atoms with Crippen LogP contribution >= 0.6 is 0 Å². The van der Waals surface area contributed by atoms with Gasteiger partial charge in [0.05, 0.1) is 12.1 Å². The van der Waals surface area contributed by atoms with Gasteiger partial charge in [0.25, 0.3) is 0 Å². The number of amides is 1. The molecule has 1 aliphatic carbocycles. The van der Waals surface area contributed by atoms with E-state index in [1.807, 2.05) is 25.1 Å². The van der Waals surface area contributed by atoms with E-state index in [0.717, 1.165) is 25.9 Å². The molecule has 3 rings (SSSR count). The quantitative estimate of drug-likeness (QED) is 0.877. The highest BCUT2D eigenvalue weighted by Gasteiger charge is 2.59. The summed E-state index contributed by atoms with van der Waals surface area (Å²) >= 11 is 0. The van der Waals surface area contributed by atoms with Gasteiger partial charge in [-0.25, -0.2) is 0 Å². The van der Waals surface area contributed by atoms with Gasteiger partial charge in [-0.3, -0.25) is 4.79 Å². The third kappa shape index (κ3) is 3.29. The highest BCUT2D eigenvalue weighted by Crippen LogP contribution is 2.45. The molecule has 2 aliphatic rings. The molecule has 4 heteroatoms. The molecule has 1 heterocycles. The van der Waals surface area contributed by atoms with Crippen molar-refractivity contribution >= 4 is 5.91 Å². The standard InChI is InChI=1S/C19H27NO3/c1-3-22-17-13-16(19(17)10-7-11-23-19)20-18(21)12-14(2)15-8-5-4-6-9-15/h4-6,8-9,14,16-17H,3,7,10-13H2,1-2H3,(H,20,21)/t14-,16+,17-,19+/m1/s1. The van der Waals surface area contributed by atoms with Crippen LogP contribution in [0, 0.1) is 0 Å². The Morgan fingerprint density at radius 2 is 2.22 bits per heavy atom.